The van der Waals surface area contributed by atoms with Crippen molar-refractivity contribution >= 4 is 43.8 Å². The number of pyridine rings is 2. The molecule has 0 unspecified atom stereocenters. The van der Waals surface area contributed by atoms with E-state index in [1.807, 2.05) is 32.0 Å². The minimum atomic E-state index is -1.40. The van der Waals surface area contributed by atoms with Crippen molar-refractivity contribution < 1.29 is 14.6 Å². The zero-order valence-electron chi connectivity index (χ0n) is 18.3. The van der Waals surface area contributed by atoms with Gasteiger partial charge in [-0.15, -0.1) is 0 Å². The summed E-state index contributed by atoms with van der Waals surface area (Å²) in [6, 6.07) is 12.2. The fourth-order valence-electron chi connectivity index (χ4n) is 4.32. The van der Waals surface area contributed by atoms with Gasteiger partial charge < -0.3 is 14.4 Å². The van der Waals surface area contributed by atoms with Gasteiger partial charge in [-0.3, -0.25) is 4.79 Å². The summed E-state index contributed by atoms with van der Waals surface area (Å²) in [5.74, 6) is 0. The van der Waals surface area contributed by atoms with Crippen LogP contribution in [0.15, 0.2) is 45.7 Å². The predicted octanol–water partition coefficient (Wildman–Crippen LogP) is 6.18. The number of hydrogen-bond acceptors (Lipinski definition) is 4. The van der Waals surface area contributed by atoms with E-state index in [9.17, 15) is 9.59 Å². The normalized spacial score (nSPS) is 11.7. The molecule has 2 aromatic heterocycles. The molecule has 6 nitrogen and oxygen atoms in total. The minimum absolute atomic E-state index is 0.236. The molecule has 1 N–H and O–H groups in total. The molecule has 0 bridgehead atoms. The number of fused-ring (bicyclic) bond motifs is 6. The molecule has 0 amide bonds. The Morgan fingerprint density at radius 1 is 1.19 bits per heavy atom. The standard InChI is InChI=1S/C23H17BrN2O4.C2H6/c1-11-7-19-21-16(9-26(19)22(27)17(11)10-30-23(28)29)12(2)20-15-8-14(24)5-3-13(15)4-6-18(20)25-21;1-2/h3-8H,9-10H2,1-2H3,(H,28,29);1-2H3. The maximum Gasteiger partial charge on any atom is 0.506 e. The lowest BCUT2D eigenvalue weighted by atomic mass is 9.97. The number of carbonyl (C=O) groups is 1. The van der Waals surface area contributed by atoms with E-state index in [1.54, 1.807) is 11.5 Å². The molecular weight excluding hydrogens is 472 g/mol. The van der Waals surface area contributed by atoms with Crippen molar-refractivity contribution in [2.75, 3.05) is 0 Å². The minimum Gasteiger partial charge on any atom is -0.450 e. The zero-order valence-corrected chi connectivity index (χ0v) is 19.9. The Morgan fingerprint density at radius 2 is 1.91 bits per heavy atom. The smallest absolute Gasteiger partial charge is 0.450 e. The number of hydrogen-bond donors (Lipinski definition) is 1. The molecule has 2 aromatic carbocycles. The van der Waals surface area contributed by atoms with Crippen molar-refractivity contribution in [1.82, 2.24) is 9.55 Å². The quantitative estimate of drug-likeness (QED) is 0.234. The molecule has 0 fully saturated rings. The molecular formula is C25H23BrN2O4. The van der Waals surface area contributed by atoms with Gasteiger partial charge in [0.25, 0.3) is 5.56 Å². The summed E-state index contributed by atoms with van der Waals surface area (Å²) < 4.78 is 7.32. The maximum absolute atomic E-state index is 13.1. The summed E-state index contributed by atoms with van der Waals surface area (Å²) in [5, 5.41) is 12.1. The molecule has 0 atom stereocenters. The summed E-state index contributed by atoms with van der Waals surface area (Å²) in [7, 11) is 0. The average Bonchev–Trinajstić information content (AvgIpc) is 3.13. The van der Waals surface area contributed by atoms with Gasteiger partial charge in [0, 0.05) is 15.4 Å². The second-order valence-electron chi connectivity index (χ2n) is 7.53. The first-order valence-corrected chi connectivity index (χ1v) is 11.3. The van der Waals surface area contributed by atoms with Crippen molar-refractivity contribution in [2.24, 2.45) is 0 Å². The molecule has 7 heteroatoms. The van der Waals surface area contributed by atoms with E-state index in [0.29, 0.717) is 17.7 Å². The number of ether oxygens (including phenoxy) is 1. The van der Waals surface area contributed by atoms with Crippen LogP contribution < -0.4 is 5.56 Å². The van der Waals surface area contributed by atoms with Gasteiger partial charge in [0.15, 0.2) is 0 Å². The molecule has 0 aliphatic carbocycles. The Hall–Kier alpha value is -3.19. The van der Waals surface area contributed by atoms with Crippen molar-refractivity contribution in [3.8, 4) is 11.4 Å². The topological polar surface area (TPSA) is 81.4 Å². The van der Waals surface area contributed by atoms with E-state index in [4.69, 9.17) is 10.1 Å². The van der Waals surface area contributed by atoms with E-state index in [2.05, 4.69) is 45.8 Å². The number of aromatic nitrogens is 2. The van der Waals surface area contributed by atoms with E-state index < -0.39 is 6.16 Å². The Bertz CT molecular complexity index is 1460. The summed E-state index contributed by atoms with van der Waals surface area (Å²) in [4.78, 5) is 28.8. The van der Waals surface area contributed by atoms with Gasteiger partial charge in [-0.25, -0.2) is 9.78 Å². The summed E-state index contributed by atoms with van der Waals surface area (Å²) in [6.07, 6.45) is -1.40. The summed E-state index contributed by atoms with van der Waals surface area (Å²) >= 11 is 3.56. The Kier molecular flexibility index (Phi) is 5.77. The SMILES string of the molecule is CC.Cc1cc2n(c(=O)c1COC(=O)O)Cc1c-2nc2ccc3ccc(Br)cc3c2c1C. The van der Waals surface area contributed by atoms with Gasteiger partial charge >= 0.3 is 6.16 Å². The second-order valence-corrected chi connectivity index (χ2v) is 8.44. The molecule has 0 spiro atoms. The fraction of sp³-hybridized carbons (Fsp3) is 0.240. The second kappa shape index (κ2) is 8.39. The lowest BCUT2D eigenvalue weighted by Crippen LogP contribution is -2.25. The first-order valence-electron chi connectivity index (χ1n) is 10.5. The van der Waals surface area contributed by atoms with Crippen LogP contribution in [-0.2, 0) is 17.9 Å². The average molecular weight is 495 g/mol. The number of halogens is 1. The Morgan fingerprint density at radius 3 is 2.62 bits per heavy atom. The molecule has 0 radical (unpaired) electrons. The Labute approximate surface area is 193 Å². The van der Waals surface area contributed by atoms with Crippen molar-refractivity contribution in [3.05, 3.63) is 73.5 Å². The van der Waals surface area contributed by atoms with Crippen molar-refractivity contribution in [1.29, 1.82) is 0 Å². The summed E-state index contributed by atoms with van der Waals surface area (Å²) in [5.41, 5.74) is 5.37. The van der Waals surface area contributed by atoms with Crippen LogP contribution in [0, 0.1) is 13.8 Å². The van der Waals surface area contributed by atoms with E-state index in [0.717, 1.165) is 48.7 Å². The molecule has 1 aliphatic heterocycles. The van der Waals surface area contributed by atoms with Gasteiger partial charge in [-0.2, -0.15) is 0 Å². The molecule has 3 heterocycles. The fourth-order valence-corrected chi connectivity index (χ4v) is 4.68. The van der Waals surface area contributed by atoms with Crippen molar-refractivity contribution in [3.63, 3.8) is 0 Å². The summed E-state index contributed by atoms with van der Waals surface area (Å²) in [6.45, 7) is 8.01. The molecule has 0 saturated heterocycles. The molecule has 164 valence electrons. The Balaban J connectivity index is 0.00000119. The number of benzene rings is 2. The van der Waals surface area contributed by atoms with Crippen LogP contribution in [0.2, 0.25) is 0 Å². The van der Waals surface area contributed by atoms with Crippen LogP contribution >= 0.6 is 15.9 Å². The first kappa shape index (κ1) is 22.0. The van der Waals surface area contributed by atoms with Crippen molar-refractivity contribution in [2.45, 2.75) is 40.8 Å². The highest BCUT2D eigenvalue weighted by molar-refractivity contribution is 9.10. The van der Waals surface area contributed by atoms with Gasteiger partial charge in [0.2, 0.25) is 0 Å². The van der Waals surface area contributed by atoms with Gasteiger partial charge in [0.1, 0.15) is 6.61 Å². The van der Waals surface area contributed by atoms with Crippen LogP contribution in [0.1, 0.15) is 36.1 Å². The molecule has 4 aromatic rings. The highest BCUT2D eigenvalue weighted by Gasteiger charge is 2.27. The van der Waals surface area contributed by atoms with Gasteiger partial charge in [-0.1, -0.05) is 41.9 Å². The molecule has 0 saturated carbocycles. The van der Waals surface area contributed by atoms with Crippen LogP contribution in [-0.4, -0.2) is 20.8 Å². The highest BCUT2D eigenvalue weighted by atomic mass is 79.9. The number of aryl methyl sites for hydroxylation is 2. The lowest BCUT2D eigenvalue weighted by Gasteiger charge is -2.11. The largest absolute Gasteiger partial charge is 0.506 e. The van der Waals surface area contributed by atoms with Crippen LogP contribution in [0.5, 0.6) is 0 Å². The lowest BCUT2D eigenvalue weighted by molar-refractivity contribution is 0.0848. The van der Waals surface area contributed by atoms with E-state index >= 15 is 0 Å². The van der Waals surface area contributed by atoms with Gasteiger partial charge in [0.05, 0.1) is 29.0 Å². The van der Waals surface area contributed by atoms with Crippen LogP contribution in [0.4, 0.5) is 4.79 Å². The predicted molar refractivity (Wildman–Crippen MR) is 129 cm³/mol. The van der Waals surface area contributed by atoms with Gasteiger partial charge in [-0.05, 0) is 60.0 Å². The molecule has 1 aliphatic rings. The van der Waals surface area contributed by atoms with E-state index in [-0.39, 0.29) is 12.2 Å². The highest BCUT2D eigenvalue weighted by Crippen LogP contribution is 2.38. The van der Waals surface area contributed by atoms with Crippen LogP contribution in [0.25, 0.3) is 33.1 Å². The monoisotopic (exact) mass is 494 g/mol. The molecule has 32 heavy (non-hydrogen) atoms. The van der Waals surface area contributed by atoms with Crippen LogP contribution in [0.3, 0.4) is 0 Å². The maximum atomic E-state index is 13.1. The molecule has 5 rings (SSSR count). The van der Waals surface area contributed by atoms with E-state index in [1.165, 1.54) is 0 Å². The first-order chi connectivity index (χ1) is 15.3. The zero-order chi connectivity index (χ0) is 23.2. The number of rotatable bonds is 2. The number of nitrogens with zero attached hydrogens (tertiary/aromatic N) is 2. The third-order valence-electron chi connectivity index (χ3n) is 5.83. The number of carboxylic acid groups (broad SMARTS) is 1. The third kappa shape index (κ3) is 3.46. The third-order valence-corrected chi connectivity index (χ3v) is 6.32.